The van der Waals surface area contributed by atoms with Gasteiger partial charge in [0.15, 0.2) is 5.78 Å². The summed E-state index contributed by atoms with van der Waals surface area (Å²) in [6, 6.07) is 18.7. The van der Waals surface area contributed by atoms with Crippen LogP contribution < -0.4 is 5.73 Å². The normalized spacial score (nSPS) is 12.1. The first-order valence-electron chi connectivity index (χ1n) is 5.66. The van der Waals surface area contributed by atoms with Gasteiger partial charge in [-0.2, -0.15) is 0 Å². The van der Waals surface area contributed by atoms with E-state index in [1.807, 2.05) is 60.7 Å². The van der Waals surface area contributed by atoms with Crippen LogP contribution in [0.1, 0.15) is 28.4 Å². The molecule has 2 rings (SSSR count). The SMILES string of the molecule is N[C@@H](CC(=O)c1ccccc1)c1ccccc1. The molecule has 0 aromatic heterocycles. The fourth-order valence-electron chi connectivity index (χ4n) is 1.76. The quantitative estimate of drug-likeness (QED) is 0.813. The third-order valence-electron chi connectivity index (χ3n) is 2.73. The molecule has 0 spiro atoms. The van der Waals surface area contributed by atoms with Gasteiger partial charge in [0.2, 0.25) is 0 Å². The molecule has 0 saturated heterocycles. The molecule has 2 N–H and O–H groups in total. The van der Waals surface area contributed by atoms with Crippen molar-refractivity contribution in [3.63, 3.8) is 0 Å². The minimum absolute atomic E-state index is 0.0851. The standard InChI is InChI=1S/C15H15NO/c16-14(12-7-3-1-4-8-12)11-15(17)13-9-5-2-6-10-13/h1-10,14H,11,16H2/t14-/m0/s1. The van der Waals surface area contributed by atoms with Gasteiger partial charge in [-0.25, -0.2) is 0 Å². The number of ketones is 1. The molecule has 0 radical (unpaired) electrons. The van der Waals surface area contributed by atoms with Crippen LogP contribution in [0.2, 0.25) is 0 Å². The molecule has 2 aromatic carbocycles. The van der Waals surface area contributed by atoms with Crippen molar-refractivity contribution < 1.29 is 4.79 Å². The van der Waals surface area contributed by atoms with Crippen molar-refractivity contribution in [3.8, 4) is 0 Å². The van der Waals surface area contributed by atoms with Crippen LogP contribution in [0.25, 0.3) is 0 Å². The van der Waals surface area contributed by atoms with Gasteiger partial charge >= 0.3 is 0 Å². The zero-order chi connectivity index (χ0) is 12.1. The van der Waals surface area contributed by atoms with Crippen LogP contribution in [0.15, 0.2) is 60.7 Å². The number of nitrogens with two attached hydrogens (primary N) is 1. The molecule has 0 amide bonds. The van der Waals surface area contributed by atoms with E-state index in [1.165, 1.54) is 0 Å². The minimum Gasteiger partial charge on any atom is -0.324 e. The Hall–Kier alpha value is -1.93. The highest BCUT2D eigenvalue weighted by molar-refractivity contribution is 5.96. The molecule has 0 aliphatic heterocycles. The van der Waals surface area contributed by atoms with E-state index in [-0.39, 0.29) is 11.8 Å². The predicted octanol–water partition coefficient (Wildman–Crippen LogP) is 2.96. The lowest BCUT2D eigenvalue weighted by molar-refractivity contribution is 0.0974. The molecule has 0 bridgehead atoms. The highest BCUT2D eigenvalue weighted by Crippen LogP contribution is 2.16. The molecule has 0 fully saturated rings. The number of rotatable bonds is 4. The van der Waals surface area contributed by atoms with E-state index >= 15 is 0 Å². The summed E-state index contributed by atoms with van der Waals surface area (Å²) in [5, 5.41) is 0. The molecule has 1 atom stereocenters. The monoisotopic (exact) mass is 225 g/mol. The van der Waals surface area contributed by atoms with E-state index in [0.717, 1.165) is 11.1 Å². The first-order chi connectivity index (χ1) is 8.27. The molecule has 0 unspecified atom stereocenters. The summed E-state index contributed by atoms with van der Waals surface area (Å²) in [5.74, 6) is 0.0851. The summed E-state index contributed by atoms with van der Waals surface area (Å²) in [6.45, 7) is 0. The first-order valence-corrected chi connectivity index (χ1v) is 5.66. The number of carbonyl (C=O) groups is 1. The number of hydrogen-bond donors (Lipinski definition) is 1. The van der Waals surface area contributed by atoms with Gasteiger partial charge in [-0.1, -0.05) is 60.7 Å². The smallest absolute Gasteiger partial charge is 0.164 e. The summed E-state index contributed by atoms with van der Waals surface area (Å²) < 4.78 is 0. The summed E-state index contributed by atoms with van der Waals surface area (Å²) >= 11 is 0. The van der Waals surface area contributed by atoms with E-state index < -0.39 is 0 Å². The van der Waals surface area contributed by atoms with Crippen molar-refractivity contribution >= 4 is 5.78 Å². The zero-order valence-electron chi connectivity index (χ0n) is 9.54. The average Bonchev–Trinajstić information content (AvgIpc) is 2.40. The lowest BCUT2D eigenvalue weighted by Gasteiger charge is -2.10. The molecule has 2 nitrogen and oxygen atoms in total. The van der Waals surface area contributed by atoms with Crippen LogP contribution in [0.4, 0.5) is 0 Å². The molecule has 2 aromatic rings. The molecule has 2 heteroatoms. The molecule has 0 heterocycles. The number of benzene rings is 2. The Balaban J connectivity index is 2.05. The average molecular weight is 225 g/mol. The number of Topliss-reactive ketones (excluding diaryl/α,β-unsaturated/α-hetero) is 1. The maximum atomic E-state index is 11.9. The minimum atomic E-state index is -0.232. The van der Waals surface area contributed by atoms with Crippen LogP contribution in [-0.2, 0) is 0 Å². The fraction of sp³-hybridized carbons (Fsp3) is 0.133. The molecule has 0 aliphatic rings. The lowest BCUT2D eigenvalue weighted by Crippen LogP contribution is -2.15. The van der Waals surface area contributed by atoms with Gasteiger partial charge in [0.05, 0.1) is 0 Å². The van der Waals surface area contributed by atoms with Crippen LogP contribution in [0, 0.1) is 0 Å². The van der Waals surface area contributed by atoms with Crippen LogP contribution in [0.3, 0.4) is 0 Å². The first kappa shape index (κ1) is 11.6. The van der Waals surface area contributed by atoms with Crippen molar-refractivity contribution in [2.24, 2.45) is 5.73 Å². The highest BCUT2D eigenvalue weighted by Gasteiger charge is 2.12. The Morgan fingerprint density at radius 2 is 1.47 bits per heavy atom. The Morgan fingerprint density at radius 1 is 0.941 bits per heavy atom. The third kappa shape index (κ3) is 3.02. The predicted molar refractivity (Wildman–Crippen MR) is 68.8 cm³/mol. The molecule has 17 heavy (non-hydrogen) atoms. The topological polar surface area (TPSA) is 43.1 Å². The summed E-state index contributed by atoms with van der Waals surface area (Å²) in [5.41, 5.74) is 7.73. The molecular formula is C15H15NO. The van der Waals surface area contributed by atoms with Crippen LogP contribution in [-0.4, -0.2) is 5.78 Å². The third-order valence-corrected chi connectivity index (χ3v) is 2.73. The summed E-state index contributed by atoms with van der Waals surface area (Å²) in [7, 11) is 0. The fourth-order valence-corrected chi connectivity index (χ4v) is 1.76. The van der Waals surface area contributed by atoms with Crippen molar-refractivity contribution in [2.75, 3.05) is 0 Å². The van der Waals surface area contributed by atoms with Crippen LogP contribution in [0.5, 0.6) is 0 Å². The van der Waals surface area contributed by atoms with Crippen molar-refractivity contribution in [1.29, 1.82) is 0 Å². The van der Waals surface area contributed by atoms with Gasteiger partial charge in [0.1, 0.15) is 0 Å². The second-order valence-corrected chi connectivity index (χ2v) is 4.01. The second-order valence-electron chi connectivity index (χ2n) is 4.01. The zero-order valence-corrected chi connectivity index (χ0v) is 9.54. The number of carbonyl (C=O) groups excluding carboxylic acids is 1. The van der Waals surface area contributed by atoms with Crippen molar-refractivity contribution in [2.45, 2.75) is 12.5 Å². The maximum absolute atomic E-state index is 11.9. The van der Waals surface area contributed by atoms with E-state index in [4.69, 9.17) is 5.73 Å². The van der Waals surface area contributed by atoms with Crippen molar-refractivity contribution in [3.05, 3.63) is 71.8 Å². The molecule has 0 saturated carbocycles. The van der Waals surface area contributed by atoms with Gasteiger partial charge in [-0.05, 0) is 5.56 Å². The molecule has 86 valence electrons. The van der Waals surface area contributed by atoms with E-state index in [0.29, 0.717) is 6.42 Å². The van der Waals surface area contributed by atoms with Crippen molar-refractivity contribution in [1.82, 2.24) is 0 Å². The largest absolute Gasteiger partial charge is 0.324 e. The maximum Gasteiger partial charge on any atom is 0.164 e. The van der Waals surface area contributed by atoms with E-state index in [2.05, 4.69) is 0 Å². The Bertz CT molecular complexity index is 479. The Labute approximate surface area is 101 Å². The summed E-state index contributed by atoms with van der Waals surface area (Å²) in [4.78, 5) is 11.9. The Kier molecular flexibility index (Phi) is 3.68. The highest BCUT2D eigenvalue weighted by atomic mass is 16.1. The van der Waals surface area contributed by atoms with E-state index in [1.54, 1.807) is 0 Å². The Morgan fingerprint density at radius 3 is 2.06 bits per heavy atom. The van der Waals surface area contributed by atoms with E-state index in [9.17, 15) is 4.79 Å². The van der Waals surface area contributed by atoms with Crippen LogP contribution >= 0.6 is 0 Å². The molecule has 0 aliphatic carbocycles. The second kappa shape index (κ2) is 5.41. The molecular weight excluding hydrogens is 210 g/mol. The number of hydrogen-bond acceptors (Lipinski definition) is 2. The van der Waals surface area contributed by atoms with Gasteiger partial charge in [0.25, 0.3) is 0 Å². The van der Waals surface area contributed by atoms with Gasteiger partial charge in [0, 0.05) is 18.0 Å². The lowest BCUT2D eigenvalue weighted by atomic mass is 9.99. The van der Waals surface area contributed by atoms with Gasteiger partial charge in [-0.3, -0.25) is 4.79 Å². The van der Waals surface area contributed by atoms with Gasteiger partial charge < -0.3 is 5.73 Å². The van der Waals surface area contributed by atoms with Gasteiger partial charge in [-0.15, -0.1) is 0 Å². The summed E-state index contributed by atoms with van der Waals surface area (Å²) in [6.07, 6.45) is 0.341.